The van der Waals surface area contributed by atoms with Crippen LogP contribution in [0.2, 0.25) is 0 Å². The molecule has 128 valence electrons. The fourth-order valence-electron chi connectivity index (χ4n) is 2.90. The van der Waals surface area contributed by atoms with Crippen molar-refractivity contribution in [2.45, 2.75) is 26.3 Å². The van der Waals surface area contributed by atoms with Crippen molar-refractivity contribution in [3.63, 3.8) is 0 Å². The second-order valence-corrected chi connectivity index (χ2v) is 6.10. The van der Waals surface area contributed by atoms with Crippen molar-refractivity contribution >= 4 is 5.91 Å². The average Bonchev–Trinajstić information content (AvgIpc) is 2.95. The minimum Gasteiger partial charge on any atom is -0.508 e. The monoisotopic (exact) mass is 330 g/mol. The van der Waals surface area contributed by atoms with Gasteiger partial charge in [0.2, 0.25) is 5.91 Å². The molecule has 0 spiro atoms. The van der Waals surface area contributed by atoms with Gasteiger partial charge in [-0.05, 0) is 37.6 Å². The molecule has 1 amide bonds. The summed E-state index contributed by atoms with van der Waals surface area (Å²) in [5.74, 6) is 2.66. The highest BCUT2D eigenvalue weighted by molar-refractivity contribution is 5.78. The topological polar surface area (TPSA) is 80.5 Å². The lowest BCUT2D eigenvalue weighted by molar-refractivity contribution is -0.135. The van der Waals surface area contributed by atoms with E-state index in [1.54, 1.807) is 36.2 Å². The van der Waals surface area contributed by atoms with Crippen LogP contribution in [0.4, 0.5) is 0 Å². The van der Waals surface area contributed by atoms with Crippen molar-refractivity contribution in [1.82, 2.24) is 19.7 Å². The molecule has 24 heavy (non-hydrogen) atoms. The van der Waals surface area contributed by atoms with E-state index in [1.165, 1.54) is 0 Å². The summed E-state index contributed by atoms with van der Waals surface area (Å²) in [6.07, 6.45) is 1.59. The SMILES string of the molecule is Cc1nc2n(n1)C[C@@H](C(=O)N(C)CCOc1ccc(O)cc1)CC2. The van der Waals surface area contributed by atoms with Gasteiger partial charge in [0.1, 0.15) is 29.8 Å². The Bertz CT molecular complexity index is 711. The molecular weight excluding hydrogens is 308 g/mol. The Morgan fingerprint density at radius 1 is 1.42 bits per heavy atom. The molecule has 3 rings (SSSR count). The Labute approximate surface area is 140 Å². The molecule has 0 bridgehead atoms. The number of benzene rings is 1. The summed E-state index contributed by atoms with van der Waals surface area (Å²) < 4.78 is 7.45. The molecule has 7 heteroatoms. The van der Waals surface area contributed by atoms with E-state index in [9.17, 15) is 9.90 Å². The Hall–Kier alpha value is -2.57. The van der Waals surface area contributed by atoms with Crippen molar-refractivity contribution in [3.8, 4) is 11.5 Å². The molecule has 1 aromatic carbocycles. The van der Waals surface area contributed by atoms with Crippen molar-refractivity contribution in [2.75, 3.05) is 20.2 Å². The number of rotatable bonds is 5. The maximum atomic E-state index is 12.6. The first kappa shape index (κ1) is 16.3. The minimum absolute atomic E-state index is 0.0581. The first-order valence-corrected chi connectivity index (χ1v) is 8.10. The highest BCUT2D eigenvalue weighted by Gasteiger charge is 2.28. The first-order valence-electron chi connectivity index (χ1n) is 8.10. The van der Waals surface area contributed by atoms with Crippen molar-refractivity contribution in [3.05, 3.63) is 35.9 Å². The normalized spacial score (nSPS) is 16.5. The molecule has 0 fully saturated rings. The molecule has 0 saturated heterocycles. The third kappa shape index (κ3) is 3.67. The zero-order valence-corrected chi connectivity index (χ0v) is 14.0. The molecule has 1 aliphatic heterocycles. The average molecular weight is 330 g/mol. The number of hydrogen-bond acceptors (Lipinski definition) is 5. The first-order chi connectivity index (χ1) is 11.5. The number of ether oxygens (including phenoxy) is 1. The number of phenols is 1. The predicted octanol–water partition coefficient (Wildman–Crippen LogP) is 1.39. The van der Waals surface area contributed by atoms with Gasteiger partial charge in [0.05, 0.1) is 19.0 Å². The number of amides is 1. The number of carbonyl (C=O) groups excluding carboxylic acids is 1. The summed E-state index contributed by atoms with van der Waals surface area (Å²) in [5.41, 5.74) is 0. The van der Waals surface area contributed by atoms with E-state index in [1.807, 2.05) is 11.6 Å². The van der Waals surface area contributed by atoms with Gasteiger partial charge in [-0.3, -0.25) is 4.79 Å². The van der Waals surface area contributed by atoms with Crippen LogP contribution in [0.3, 0.4) is 0 Å². The smallest absolute Gasteiger partial charge is 0.227 e. The molecule has 1 atom stereocenters. The third-order valence-corrected chi connectivity index (χ3v) is 4.22. The number of likely N-dealkylation sites (N-methyl/N-ethyl adjacent to an activating group) is 1. The molecule has 1 N–H and O–H groups in total. The Morgan fingerprint density at radius 3 is 2.92 bits per heavy atom. The highest BCUT2D eigenvalue weighted by atomic mass is 16.5. The largest absolute Gasteiger partial charge is 0.508 e. The van der Waals surface area contributed by atoms with E-state index in [2.05, 4.69) is 10.1 Å². The zero-order valence-electron chi connectivity index (χ0n) is 14.0. The van der Waals surface area contributed by atoms with Crippen LogP contribution in [0.15, 0.2) is 24.3 Å². The molecule has 0 unspecified atom stereocenters. The van der Waals surface area contributed by atoms with Gasteiger partial charge in [0.25, 0.3) is 0 Å². The van der Waals surface area contributed by atoms with E-state index < -0.39 is 0 Å². The predicted molar refractivity (Wildman–Crippen MR) is 87.8 cm³/mol. The summed E-state index contributed by atoms with van der Waals surface area (Å²) in [4.78, 5) is 18.7. The fourth-order valence-corrected chi connectivity index (χ4v) is 2.90. The zero-order chi connectivity index (χ0) is 17.1. The number of hydrogen-bond donors (Lipinski definition) is 1. The van der Waals surface area contributed by atoms with Gasteiger partial charge in [0, 0.05) is 13.5 Å². The Morgan fingerprint density at radius 2 is 2.17 bits per heavy atom. The maximum Gasteiger partial charge on any atom is 0.227 e. The third-order valence-electron chi connectivity index (χ3n) is 4.22. The lowest BCUT2D eigenvalue weighted by Crippen LogP contribution is -2.39. The van der Waals surface area contributed by atoms with Gasteiger partial charge in [-0.1, -0.05) is 0 Å². The fraction of sp³-hybridized carbons (Fsp3) is 0.471. The molecule has 0 radical (unpaired) electrons. The van der Waals surface area contributed by atoms with Crippen LogP contribution in [-0.2, 0) is 17.8 Å². The quantitative estimate of drug-likeness (QED) is 0.896. The lowest BCUT2D eigenvalue weighted by Gasteiger charge is -2.26. The molecule has 7 nitrogen and oxygen atoms in total. The van der Waals surface area contributed by atoms with Crippen LogP contribution in [-0.4, -0.2) is 50.9 Å². The molecular formula is C17H22N4O3. The van der Waals surface area contributed by atoms with E-state index in [0.717, 1.165) is 24.5 Å². The summed E-state index contributed by atoms with van der Waals surface area (Å²) in [6.45, 7) is 3.39. The lowest BCUT2D eigenvalue weighted by atomic mass is 9.98. The number of carbonyl (C=O) groups is 1. The molecule has 0 saturated carbocycles. The van der Waals surface area contributed by atoms with Crippen molar-refractivity contribution in [1.29, 1.82) is 0 Å². The number of nitrogens with zero attached hydrogens (tertiary/aromatic N) is 4. The van der Waals surface area contributed by atoms with Crippen LogP contribution < -0.4 is 4.74 Å². The number of aromatic hydroxyl groups is 1. The Kier molecular flexibility index (Phi) is 4.69. The number of fused-ring (bicyclic) bond motifs is 1. The number of aromatic nitrogens is 3. The molecule has 1 aromatic heterocycles. The van der Waals surface area contributed by atoms with E-state index >= 15 is 0 Å². The molecule has 2 heterocycles. The van der Waals surface area contributed by atoms with Gasteiger partial charge >= 0.3 is 0 Å². The van der Waals surface area contributed by atoms with Crippen LogP contribution in [0.25, 0.3) is 0 Å². The summed E-state index contributed by atoms with van der Waals surface area (Å²) in [7, 11) is 1.80. The molecule has 0 aliphatic carbocycles. The van der Waals surface area contributed by atoms with Crippen LogP contribution >= 0.6 is 0 Å². The van der Waals surface area contributed by atoms with Crippen LogP contribution in [0, 0.1) is 12.8 Å². The van der Waals surface area contributed by atoms with E-state index in [0.29, 0.717) is 25.4 Å². The molecule has 1 aliphatic rings. The Balaban J connectivity index is 1.49. The highest BCUT2D eigenvalue weighted by Crippen LogP contribution is 2.20. The van der Waals surface area contributed by atoms with Gasteiger partial charge in [0.15, 0.2) is 0 Å². The van der Waals surface area contributed by atoms with Gasteiger partial charge in [-0.2, -0.15) is 5.10 Å². The summed E-state index contributed by atoms with van der Waals surface area (Å²) >= 11 is 0. The van der Waals surface area contributed by atoms with E-state index in [4.69, 9.17) is 4.74 Å². The van der Waals surface area contributed by atoms with Crippen LogP contribution in [0.5, 0.6) is 11.5 Å². The van der Waals surface area contributed by atoms with Gasteiger partial charge in [-0.15, -0.1) is 0 Å². The van der Waals surface area contributed by atoms with Crippen molar-refractivity contribution in [2.24, 2.45) is 5.92 Å². The summed E-state index contributed by atoms with van der Waals surface area (Å²) in [6, 6.07) is 6.55. The van der Waals surface area contributed by atoms with Gasteiger partial charge < -0.3 is 14.7 Å². The van der Waals surface area contributed by atoms with Crippen LogP contribution in [0.1, 0.15) is 18.1 Å². The van der Waals surface area contributed by atoms with E-state index in [-0.39, 0.29) is 17.6 Å². The number of aryl methyl sites for hydroxylation is 2. The number of phenolic OH excluding ortho intramolecular Hbond substituents is 1. The standard InChI is InChI=1S/C17H22N4O3/c1-12-18-16-8-3-13(11-21(16)19-12)17(23)20(2)9-10-24-15-6-4-14(22)5-7-15/h4-7,13,22H,3,8-11H2,1-2H3/t13-/m0/s1. The van der Waals surface area contributed by atoms with Gasteiger partial charge in [-0.25, -0.2) is 9.67 Å². The summed E-state index contributed by atoms with van der Waals surface area (Å²) in [5, 5.41) is 13.6. The van der Waals surface area contributed by atoms with Crippen molar-refractivity contribution < 1.29 is 14.6 Å². The second-order valence-electron chi connectivity index (χ2n) is 6.10. The minimum atomic E-state index is -0.0581. The second kappa shape index (κ2) is 6.90. The maximum absolute atomic E-state index is 12.6. The molecule has 2 aromatic rings.